The maximum atomic E-state index is 13.6. The van der Waals surface area contributed by atoms with Gasteiger partial charge in [-0.2, -0.15) is 13.2 Å². The van der Waals surface area contributed by atoms with E-state index < -0.39 is 23.4 Å². The molecule has 2 N–H and O–H groups in total. The number of benzene rings is 3. The number of hydrogen-bond donors (Lipinski definition) is 2. The van der Waals surface area contributed by atoms with E-state index in [4.69, 9.17) is 4.74 Å². The quantitative estimate of drug-likeness (QED) is 0.291. The summed E-state index contributed by atoms with van der Waals surface area (Å²) in [4.78, 5) is 41.6. The minimum atomic E-state index is -4.54. The van der Waals surface area contributed by atoms with Crippen LogP contribution >= 0.6 is 0 Å². The number of carbonyl (C=O) groups is 3. The van der Waals surface area contributed by atoms with E-state index in [2.05, 4.69) is 15.5 Å². The Bertz CT molecular complexity index is 1650. The Kier molecular flexibility index (Phi) is 9.56. The molecule has 3 amide bonds. The van der Waals surface area contributed by atoms with Crippen LogP contribution in [0.25, 0.3) is 11.1 Å². The maximum Gasteiger partial charge on any atom is 0.416 e. The van der Waals surface area contributed by atoms with E-state index >= 15 is 0 Å². The number of nitrogens with one attached hydrogen (secondary N) is 2. The van der Waals surface area contributed by atoms with Crippen LogP contribution in [0, 0.1) is 0 Å². The normalized spacial score (nSPS) is 16.9. The average molecular weight is 651 g/mol. The summed E-state index contributed by atoms with van der Waals surface area (Å²) in [5.74, 6) is -0.158. The lowest BCUT2D eigenvalue weighted by atomic mass is 9.95. The highest BCUT2D eigenvalue weighted by Crippen LogP contribution is 2.36. The Morgan fingerprint density at radius 1 is 0.979 bits per heavy atom. The number of alkyl carbamates (subject to hydrolysis) is 1. The number of carbonyl (C=O) groups excluding carboxylic acids is 3. The predicted octanol–water partition coefficient (Wildman–Crippen LogP) is 6.87. The molecule has 1 fully saturated rings. The molecule has 0 aromatic heterocycles. The van der Waals surface area contributed by atoms with Crippen LogP contribution in [0.4, 0.5) is 23.7 Å². The SMILES string of the molecule is CC(=O)N1CCC(N2CCc3ccc(C(=O)N[C@H](C)c4ccc(-c5cc(C(F)(F)F)ccc5CNC(=O)OC(C)(C)C)cc4)cc32)C1. The van der Waals surface area contributed by atoms with Crippen molar-refractivity contribution in [2.24, 2.45) is 0 Å². The molecule has 3 aromatic rings. The van der Waals surface area contributed by atoms with Gasteiger partial charge in [0.15, 0.2) is 0 Å². The third-order valence-corrected chi connectivity index (χ3v) is 8.66. The molecule has 2 atom stereocenters. The molecule has 11 heteroatoms. The van der Waals surface area contributed by atoms with E-state index in [-0.39, 0.29) is 30.4 Å². The van der Waals surface area contributed by atoms with E-state index in [0.29, 0.717) is 28.8 Å². The van der Waals surface area contributed by atoms with Crippen LogP contribution in [0.15, 0.2) is 60.7 Å². The summed E-state index contributed by atoms with van der Waals surface area (Å²) in [6, 6.07) is 16.0. The molecule has 250 valence electrons. The Labute approximate surface area is 273 Å². The number of ether oxygens (including phenoxy) is 1. The van der Waals surface area contributed by atoms with Crippen LogP contribution in [-0.4, -0.2) is 54.1 Å². The van der Waals surface area contributed by atoms with Crippen molar-refractivity contribution in [2.75, 3.05) is 24.5 Å². The number of likely N-dealkylation sites (tertiary alicyclic amines) is 1. The molecule has 5 rings (SSSR count). The first-order valence-electron chi connectivity index (χ1n) is 15.8. The van der Waals surface area contributed by atoms with Gasteiger partial charge in [-0.15, -0.1) is 0 Å². The number of fused-ring (bicyclic) bond motifs is 1. The molecule has 0 radical (unpaired) electrons. The highest BCUT2D eigenvalue weighted by molar-refractivity contribution is 5.96. The zero-order valence-corrected chi connectivity index (χ0v) is 27.3. The molecular weight excluding hydrogens is 609 g/mol. The Balaban J connectivity index is 1.29. The third kappa shape index (κ3) is 8.07. The summed E-state index contributed by atoms with van der Waals surface area (Å²) in [7, 11) is 0. The van der Waals surface area contributed by atoms with Gasteiger partial charge in [0.1, 0.15) is 5.60 Å². The van der Waals surface area contributed by atoms with Crippen molar-refractivity contribution in [3.05, 3.63) is 88.5 Å². The van der Waals surface area contributed by atoms with Gasteiger partial charge < -0.3 is 25.2 Å². The molecule has 47 heavy (non-hydrogen) atoms. The number of amides is 3. The van der Waals surface area contributed by atoms with Crippen LogP contribution in [0.5, 0.6) is 0 Å². The van der Waals surface area contributed by atoms with E-state index in [1.54, 1.807) is 52.0 Å². The van der Waals surface area contributed by atoms with Gasteiger partial charge in [-0.05, 0) is 92.6 Å². The van der Waals surface area contributed by atoms with Gasteiger partial charge >= 0.3 is 12.3 Å². The number of hydrogen-bond acceptors (Lipinski definition) is 5. The van der Waals surface area contributed by atoms with E-state index in [0.717, 1.165) is 49.3 Å². The van der Waals surface area contributed by atoms with Gasteiger partial charge in [-0.3, -0.25) is 9.59 Å². The minimum Gasteiger partial charge on any atom is -0.444 e. The standard InChI is InChI=1S/C36H41F3N4O4/c1-22(41-33(45)27-11-10-26-14-17-43(32(26)18-27)30-15-16-42(21-30)23(2)44)24-6-8-25(9-7-24)31-19-29(36(37,38)39)13-12-28(31)20-40-34(46)47-35(3,4)5/h6-13,18-19,22,30H,14-17,20-21H2,1-5H3,(H,40,46)(H,41,45)/t22-,30?/m1/s1. The smallest absolute Gasteiger partial charge is 0.416 e. The predicted molar refractivity (Wildman–Crippen MR) is 174 cm³/mol. The fourth-order valence-electron chi connectivity index (χ4n) is 6.18. The zero-order valence-electron chi connectivity index (χ0n) is 27.3. The second-order valence-corrected chi connectivity index (χ2v) is 13.2. The van der Waals surface area contributed by atoms with Crippen LogP contribution < -0.4 is 15.5 Å². The van der Waals surface area contributed by atoms with Gasteiger partial charge in [0, 0.05) is 50.4 Å². The van der Waals surface area contributed by atoms with Gasteiger partial charge in [-0.25, -0.2) is 4.79 Å². The molecule has 0 aliphatic carbocycles. The van der Waals surface area contributed by atoms with Crippen LogP contribution in [0.2, 0.25) is 0 Å². The fourth-order valence-corrected chi connectivity index (χ4v) is 6.18. The summed E-state index contributed by atoms with van der Waals surface area (Å²) in [5, 5.41) is 5.66. The first-order chi connectivity index (χ1) is 22.1. The molecule has 1 saturated heterocycles. The molecule has 2 aliphatic rings. The lowest BCUT2D eigenvalue weighted by molar-refractivity contribution is -0.137. The second-order valence-electron chi connectivity index (χ2n) is 13.2. The molecule has 0 spiro atoms. The van der Waals surface area contributed by atoms with E-state index in [1.807, 2.05) is 30.0 Å². The maximum absolute atomic E-state index is 13.6. The largest absolute Gasteiger partial charge is 0.444 e. The van der Waals surface area contributed by atoms with E-state index in [9.17, 15) is 27.6 Å². The monoisotopic (exact) mass is 650 g/mol. The van der Waals surface area contributed by atoms with Crippen molar-refractivity contribution in [3.8, 4) is 11.1 Å². The number of alkyl halides is 3. The molecule has 8 nitrogen and oxygen atoms in total. The Morgan fingerprint density at radius 3 is 2.34 bits per heavy atom. The average Bonchev–Trinajstić information content (AvgIpc) is 3.66. The number of rotatable bonds is 7. The highest BCUT2D eigenvalue weighted by Gasteiger charge is 2.33. The molecule has 0 bridgehead atoms. The lowest BCUT2D eigenvalue weighted by Crippen LogP contribution is -2.37. The topological polar surface area (TPSA) is 91.0 Å². The summed E-state index contributed by atoms with van der Waals surface area (Å²) in [6.07, 6.45) is -3.42. The lowest BCUT2D eigenvalue weighted by Gasteiger charge is -2.27. The Morgan fingerprint density at radius 2 is 1.70 bits per heavy atom. The number of anilines is 1. The van der Waals surface area contributed by atoms with Gasteiger partial charge in [0.05, 0.1) is 11.6 Å². The minimum absolute atomic E-state index is 0.0233. The molecule has 2 aliphatic heterocycles. The molecule has 2 heterocycles. The zero-order chi connectivity index (χ0) is 34.1. The Hall–Kier alpha value is -4.54. The summed E-state index contributed by atoms with van der Waals surface area (Å²) >= 11 is 0. The summed E-state index contributed by atoms with van der Waals surface area (Å²) in [6.45, 7) is 10.9. The molecular formula is C36H41F3N4O4. The van der Waals surface area contributed by atoms with Gasteiger partial charge in [0.2, 0.25) is 5.91 Å². The van der Waals surface area contributed by atoms with Gasteiger partial charge in [-0.1, -0.05) is 36.4 Å². The fraction of sp³-hybridized carbons (Fsp3) is 0.417. The van der Waals surface area contributed by atoms with E-state index in [1.165, 1.54) is 11.6 Å². The molecule has 0 saturated carbocycles. The van der Waals surface area contributed by atoms with Crippen molar-refractivity contribution < 1.29 is 32.3 Å². The summed E-state index contributed by atoms with van der Waals surface area (Å²) in [5.41, 5.74) is 3.37. The van der Waals surface area contributed by atoms with Crippen LogP contribution in [0.1, 0.15) is 79.7 Å². The third-order valence-electron chi connectivity index (χ3n) is 8.66. The molecule has 3 aromatic carbocycles. The summed E-state index contributed by atoms with van der Waals surface area (Å²) < 4.78 is 46.1. The highest BCUT2D eigenvalue weighted by atomic mass is 19.4. The number of halogens is 3. The van der Waals surface area contributed by atoms with Gasteiger partial charge in [0.25, 0.3) is 5.91 Å². The van der Waals surface area contributed by atoms with Crippen molar-refractivity contribution in [2.45, 2.75) is 77.9 Å². The molecule has 1 unspecified atom stereocenters. The van der Waals surface area contributed by atoms with Crippen molar-refractivity contribution >= 4 is 23.6 Å². The first-order valence-corrected chi connectivity index (χ1v) is 15.8. The van der Waals surface area contributed by atoms with Crippen molar-refractivity contribution in [1.29, 1.82) is 0 Å². The van der Waals surface area contributed by atoms with Crippen LogP contribution in [0.3, 0.4) is 0 Å². The first kappa shape index (κ1) is 33.8. The second kappa shape index (κ2) is 13.3. The number of nitrogens with zero attached hydrogens (tertiary/aromatic N) is 2. The van der Waals surface area contributed by atoms with Crippen LogP contribution in [-0.2, 0) is 28.7 Å². The van der Waals surface area contributed by atoms with Crippen molar-refractivity contribution in [3.63, 3.8) is 0 Å². The van der Waals surface area contributed by atoms with Crippen molar-refractivity contribution in [1.82, 2.24) is 15.5 Å².